The van der Waals surface area contributed by atoms with Crippen LogP contribution < -0.4 is 11.5 Å². The summed E-state index contributed by atoms with van der Waals surface area (Å²) in [6.45, 7) is 0.408. The molecule has 0 aliphatic rings. The van der Waals surface area contributed by atoms with Gasteiger partial charge in [-0.15, -0.1) is 0 Å². The highest BCUT2D eigenvalue weighted by atomic mass is 19.4. The monoisotopic (exact) mass is 258 g/mol. The molecule has 17 heavy (non-hydrogen) atoms. The quantitative estimate of drug-likeness (QED) is 0.409. The zero-order valence-corrected chi connectivity index (χ0v) is 8.83. The van der Waals surface area contributed by atoms with Crippen LogP contribution in [0.4, 0.5) is 13.2 Å². The minimum absolute atomic E-state index is 0.180. The van der Waals surface area contributed by atoms with Crippen molar-refractivity contribution in [2.75, 3.05) is 6.54 Å². The van der Waals surface area contributed by atoms with Crippen LogP contribution in [0.25, 0.3) is 0 Å². The molecule has 0 spiro atoms. The lowest BCUT2D eigenvalue weighted by molar-refractivity contribution is -0.286. The van der Waals surface area contributed by atoms with Gasteiger partial charge >= 0.3 is 18.1 Å². The number of rotatable bonds is 5. The molecule has 9 heteroatoms. The molecule has 0 aromatic rings. The van der Waals surface area contributed by atoms with Crippen LogP contribution in [0.1, 0.15) is 19.3 Å². The summed E-state index contributed by atoms with van der Waals surface area (Å²) in [6.07, 6.45) is -3.91. The summed E-state index contributed by atoms with van der Waals surface area (Å²) < 4.78 is 34.9. The molecule has 0 radical (unpaired) electrons. The lowest BCUT2D eigenvalue weighted by Crippen LogP contribution is -2.35. The van der Waals surface area contributed by atoms with Crippen molar-refractivity contribution in [3.05, 3.63) is 0 Å². The van der Waals surface area contributed by atoms with Crippen molar-refractivity contribution in [3.63, 3.8) is 0 Å². The lowest BCUT2D eigenvalue weighted by atomic mass is 10.1. The second kappa shape index (κ2) is 7.07. The highest BCUT2D eigenvalue weighted by Crippen LogP contribution is 2.16. The summed E-state index contributed by atoms with van der Waals surface area (Å²) in [7, 11) is 0. The average molecular weight is 258 g/mol. The first-order chi connectivity index (χ1) is 7.79. The van der Waals surface area contributed by atoms with Crippen LogP contribution in [0.15, 0.2) is 0 Å². The van der Waals surface area contributed by atoms with Crippen LogP contribution in [0.5, 0.6) is 0 Å². The Labute approximate surface area is 94.9 Å². The summed E-state index contributed by atoms with van der Waals surface area (Å²) >= 11 is 0. The third-order valence-electron chi connectivity index (χ3n) is 1.70. The first kappa shape index (κ1) is 15.7. The molecule has 6 nitrogen and oxygen atoms in total. The Kier molecular flexibility index (Phi) is 6.51. The fraction of sp³-hybridized carbons (Fsp3) is 0.750. The Morgan fingerprint density at radius 2 is 1.76 bits per heavy atom. The maximum atomic E-state index is 11.6. The first-order valence-electron chi connectivity index (χ1n) is 4.74. The second-order valence-corrected chi connectivity index (χ2v) is 3.16. The molecule has 0 saturated carbocycles. The lowest BCUT2D eigenvalue weighted by Gasteiger charge is -2.09. The van der Waals surface area contributed by atoms with E-state index in [-0.39, 0.29) is 6.42 Å². The molecule has 0 bridgehead atoms. The normalized spacial score (nSPS) is 13.0. The SMILES string of the molecule is NCCCCC(N)C(=O)OOC(=O)C(F)(F)F. The Morgan fingerprint density at radius 1 is 1.18 bits per heavy atom. The molecule has 1 atom stereocenters. The largest absolute Gasteiger partial charge is 0.495 e. The number of carbonyl (C=O) groups is 2. The highest BCUT2D eigenvalue weighted by Gasteiger charge is 2.43. The third-order valence-corrected chi connectivity index (χ3v) is 1.70. The topological polar surface area (TPSA) is 105 Å². The zero-order chi connectivity index (χ0) is 13.5. The van der Waals surface area contributed by atoms with Gasteiger partial charge in [0.2, 0.25) is 0 Å². The third kappa shape index (κ3) is 6.74. The number of carbonyl (C=O) groups excluding carboxylic acids is 2. The van der Waals surface area contributed by atoms with Crippen molar-refractivity contribution < 1.29 is 32.5 Å². The molecule has 0 aromatic heterocycles. The van der Waals surface area contributed by atoms with Gasteiger partial charge in [-0.25, -0.2) is 19.4 Å². The van der Waals surface area contributed by atoms with Gasteiger partial charge in [0.25, 0.3) is 0 Å². The minimum atomic E-state index is -5.22. The van der Waals surface area contributed by atoms with Gasteiger partial charge in [0, 0.05) is 0 Å². The minimum Gasteiger partial charge on any atom is -0.330 e. The molecular weight excluding hydrogens is 245 g/mol. The van der Waals surface area contributed by atoms with Crippen LogP contribution >= 0.6 is 0 Å². The molecule has 4 N–H and O–H groups in total. The second-order valence-electron chi connectivity index (χ2n) is 3.16. The predicted octanol–water partition coefficient (Wildman–Crippen LogP) is 0.00640. The number of alkyl halides is 3. The fourth-order valence-electron chi connectivity index (χ4n) is 0.814. The van der Waals surface area contributed by atoms with E-state index in [1.54, 1.807) is 0 Å². The van der Waals surface area contributed by atoms with E-state index in [0.29, 0.717) is 19.4 Å². The summed E-state index contributed by atoms with van der Waals surface area (Å²) in [5, 5.41) is 0. The van der Waals surface area contributed by atoms with Crippen molar-refractivity contribution in [1.29, 1.82) is 0 Å². The average Bonchev–Trinajstić information content (AvgIpc) is 2.24. The first-order valence-corrected chi connectivity index (χ1v) is 4.74. The number of unbranched alkanes of at least 4 members (excludes halogenated alkanes) is 1. The molecule has 0 amide bonds. The van der Waals surface area contributed by atoms with Crippen molar-refractivity contribution >= 4 is 11.9 Å². The van der Waals surface area contributed by atoms with Gasteiger partial charge in [0.15, 0.2) is 0 Å². The number of halogens is 3. The van der Waals surface area contributed by atoms with E-state index < -0.39 is 24.2 Å². The van der Waals surface area contributed by atoms with E-state index in [2.05, 4.69) is 9.78 Å². The van der Waals surface area contributed by atoms with Gasteiger partial charge in [-0.05, 0) is 19.4 Å². The summed E-state index contributed by atoms with van der Waals surface area (Å²) in [5.41, 5.74) is 10.5. The standard InChI is InChI=1S/C8H13F3N2O4/c9-8(10,11)7(15)17-16-6(14)5(13)3-1-2-4-12/h5H,1-4,12-13H2. The molecule has 0 heterocycles. The van der Waals surface area contributed by atoms with Gasteiger partial charge < -0.3 is 11.5 Å². The van der Waals surface area contributed by atoms with E-state index in [4.69, 9.17) is 11.5 Å². The zero-order valence-electron chi connectivity index (χ0n) is 8.83. The predicted molar refractivity (Wildman–Crippen MR) is 49.1 cm³/mol. The van der Waals surface area contributed by atoms with E-state index >= 15 is 0 Å². The molecule has 1 unspecified atom stereocenters. The molecule has 100 valence electrons. The molecule has 0 aliphatic carbocycles. The van der Waals surface area contributed by atoms with Crippen molar-refractivity contribution in [3.8, 4) is 0 Å². The van der Waals surface area contributed by atoms with E-state index in [9.17, 15) is 22.8 Å². The van der Waals surface area contributed by atoms with Gasteiger partial charge in [0.1, 0.15) is 6.04 Å². The molecule has 0 aromatic carbocycles. The van der Waals surface area contributed by atoms with Crippen LogP contribution in [-0.4, -0.2) is 30.7 Å². The molecule has 0 saturated heterocycles. The van der Waals surface area contributed by atoms with Crippen LogP contribution in [-0.2, 0) is 19.4 Å². The van der Waals surface area contributed by atoms with Crippen LogP contribution in [0.2, 0.25) is 0 Å². The Hall–Kier alpha value is -1.35. The van der Waals surface area contributed by atoms with E-state index in [0.717, 1.165) is 0 Å². The highest BCUT2D eigenvalue weighted by molar-refractivity contribution is 5.78. The molecule has 0 fully saturated rings. The molecule has 0 aliphatic heterocycles. The molecule has 0 rings (SSSR count). The summed E-state index contributed by atoms with van der Waals surface area (Å²) in [4.78, 5) is 28.1. The smallest absolute Gasteiger partial charge is 0.330 e. The Balaban J connectivity index is 3.89. The van der Waals surface area contributed by atoms with E-state index in [1.807, 2.05) is 0 Å². The Bertz CT molecular complexity index is 270. The van der Waals surface area contributed by atoms with E-state index in [1.165, 1.54) is 0 Å². The van der Waals surface area contributed by atoms with Crippen molar-refractivity contribution in [1.82, 2.24) is 0 Å². The Morgan fingerprint density at radius 3 is 2.24 bits per heavy atom. The summed E-state index contributed by atoms with van der Waals surface area (Å²) in [6, 6.07) is -1.15. The summed E-state index contributed by atoms with van der Waals surface area (Å²) in [5.74, 6) is -3.85. The van der Waals surface area contributed by atoms with Gasteiger partial charge in [0.05, 0.1) is 0 Å². The van der Waals surface area contributed by atoms with Gasteiger partial charge in [-0.3, -0.25) is 0 Å². The number of hydrogen-bond donors (Lipinski definition) is 2. The maximum Gasteiger partial charge on any atom is 0.495 e. The van der Waals surface area contributed by atoms with Crippen LogP contribution in [0, 0.1) is 0 Å². The van der Waals surface area contributed by atoms with Crippen molar-refractivity contribution in [2.45, 2.75) is 31.5 Å². The van der Waals surface area contributed by atoms with Crippen LogP contribution in [0.3, 0.4) is 0 Å². The number of hydrogen-bond acceptors (Lipinski definition) is 6. The maximum absolute atomic E-state index is 11.6. The molecular formula is C8H13F3N2O4. The van der Waals surface area contributed by atoms with Gasteiger partial charge in [-0.2, -0.15) is 13.2 Å². The number of nitrogens with two attached hydrogens (primary N) is 2. The fourth-order valence-corrected chi connectivity index (χ4v) is 0.814. The van der Waals surface area contributed by atoms with Gasteiger partial charge in [-0.1, -0.05) is 6.42 Å². The van der Waals surface area contributed by atoms with Crippen molar-refractivity contribution in [2.24, 2.45) is 11.5 Å².